The molecule has 12 heteroatoms. The van der Waals surface area contributed by atoms with Gasteiger partial charge in [0.2, 0.25) is 0 Å². The summed E-state index contributed by atoms with van der Waals surface area (Å²) in [6.45, 7) is -1.90. The third-order valence-electron chi connectivity index (χ3n) is 3.36. The van der Waals surface area contributed by atoms with E-state index in [1.807, 2.05) is 0 Å². The topological polar surface area (TPSA) is 175 Å². The zero-order chi connectivity index (χ0) is 17.9. The molecule has 0 spiro atoms. The quantitative estimate of drug-likeness (QED) is 0.233. The van der Waals surface area contributed by atoms with Gasteiger partial charge in [-0.25, -0.2) is 0 Å². The normalized spacial score (nSPS) is 26.7. The first-order chi connectivity index (χ1) is 11.4. The molecule has 2 heterocycles. The first-order valence-corrected chi connectivity index (χ1v) is 9.50. The molecule has 0 aromatic heterocycles. The average molecular weight is 411 g/mol. The summed E-state index contributed by atoms with van der Waals surface area (Å²) >= 11 is -4.02. The SMILES string of the molecule is [O]=[Ge]([O]C1=C(O)C(C(O)CO)OC1)[O]C1=C(O)COC1C(O)CO. The van der Waals surface area contributed by atoms with Crippen LogP contribution in [0, 0.1) is 0 Å². The molecule has 24 heavy (non-hydrogen) atoms. The van der Waals surface area contributed by atoms with E-state index < -0.39 is 64.1 Å². The molecule has 2 aliphatic rings. The fourth-order valence-corrected chi connectivity index (χ4v) is 3.86. The maximum atomic E-state index is 12.0. The van der Waals surface area contributed by atoms with E-state index in [-0.39, 0.29) is 24.7 Å². The van der Waals surface area contributed by atoms with Crippen molar-refractivity contribution in [3.63, 3.8) is 0 Å². The van der Waals surface area contributed by atoms with Crippen LogP contribution in [0.2, 0.25) is 0 Å². The van der Waals surface area contributed by atoms with E-state index in [9.17, 15) is 24.2 Å². The minimum absolute atomic E-state index is 0.226. The average Bonchev–Trinajstić information content (AvgIpc) is 3.10. The fraction of sp³-hybridized carbons (Fsp3) is 0.667. The first kappa shape index (κ1) is 19.1. The van der Waals surface area contributed by atoms with Gasteiger partial charge in [0, 0.05) is 0 Å². The van der Waals surface area contributed by atoms with Crippen molar-refractivity contribution in [1.29, 1.82) is 0 Å². The molecule has 0 saturated heterocycles. The van der Waals surface area contributed by atoms with Gasteiger partial charge in [-0.3, -0.25) is 0 Å². The Kier molecular flexibility index (Phi) is 6.56. The molecule has 136 valence electrons. The molecule has 0 aromatic rings. The van der Waals surface area contributed by atoms with Gasteiger partial charge in [-0.2, -0.15) is 0 Å². The van der Waals surface area contributed by atoms with Gasteiger partial charge in [0.1, 0.15) is 0 Å². The Labute approximate surface area is 141 Å². The molecule has 0 aliphatic carbocycles. The molecule has 0 aromatic carbocycles. The van der Waals surface area contributed by atoms with Crippen LogP contribution >= 0.6 is 0 Å². The molecule has 6 N–H and O–H groups in total. The Morgan fingerprint density at radius 3 is 2.25 bits per heavy atom. The number of aliphatic hydroxyl groups is 6. The Bertz CT molecular complexity index is 545. The van der Waals surface area contributed by atoms with E-state index in [1.54, 1.807) is 0 Å². The van der Waals surface area contributed by atoms with Gasteiger partial charge in [-0.1, -0.05) is 0 Å². The molecule has 11 nitrogen and oxygen atoms in total. The van der Waals surface area contributed by atoms with E-state index in [0.29, 0.717) is 0 Å². The van der Waals surface area contributed by atoms with Gasteiger partial charge in [0.15, 0.2) is 0 Å². The van der Waals surface area contributed by atoms with Crippen LogP contribution in [-0.2, 0) is 20.8 Å². The minimum atomic E-state index is -4.02. The van der Waals surface area contributed by atoms with E-state index >= 15 is 0 Å². The summed E-state index contributed by atoms with van der Waals surface area (Å²) in [7, 11) is 0. The van der Waals surface area contributed by atoms with E-state index in [2.05, 4.69) is 0 Å². The van der Waals surface area contributed by atoms with Crippen molar-refractivity contribution >= 4 is 15.0 Å². The number of hydrogen-bond donors (Lipinski definition) is 6. The first-order valence-electron chi connectivity index (χ1n) is 6.93. The van der Waals surface area contributed by atoms with Crippen LogP contribution in [0.4, 0.5) is 0 Å². The van der Waals surface area contributed by atoms with Crippen molar-refractivity contribution in [2.75, 3.05) is 26.4 Å². The predicted molar refractivity (Wildman–Crippen MR) is 73.6 cm³/mol. The zero-order valence-corrected chi connectivity index (χ0v) is 14.5. The summed E-state index contributed by atoms with van der Waals surface area (Å²) in [6.07, 6.45) is -5.16. The van der Waals surface area contributed by atoms with Gasteiger partial charge < -0.3 is 0 Å². The Balaban J connectivity index is 2.01. The Hall–Kier alpha value is -1.22. The van der Waals surface area contributed by atoms with Crippen molar-refractivity contribution in [3.05, 3.63) is 23.0 Å². The fourth-order valence-electron chi connectivity index (χ4n) is 2.14. The molecule has 0 radical (unpaired) electrons. The third-order valence-corrected chi connectivity index (χ3v) is 5.04. The molecular weight excluding hydrogens is 393 g/mol. The zero-order valence-electron chi connectivity index (χ0n) is 12.4. The van der Waals surface area contributed by atoms with Crippen LogP contribution in [0.1, 0.15) is 0 Å². The summed E-state index contributed by atoms with van der Waals surface area (Å²) in [6, 6.07) is 0. The predicted octanol–water partition coefficient (Wildman–Crippen LogP) is -2.52. The van der Waals surface area contributed by atoms with Gasteiger partial charge in [-0.05, 0) is 0 Å². The molecular formula is C12H18GeO11. The van der Waals surface area contributed by atoms with Crippen LogP contribution < -0.4 is 0 Å². The van der Waals surface area contributed by atoms with Crippen LogP contribution in [-0.4, -0.2) is 96.4 Å². The second-order valence-electron chi connectivity index (χ2n) is 5.04. The maximum absolute atomic E-state index is 12.0. The third kappa shape index (κ3) is 4.06. The molecule has 0 fully saturated rings. The number of hydrogen-bond acceptors (Lipinski definition) is 11. The van der Waals surface area contributed by atoms with Gasteiger partial charge in [0.25, 0.3) is 0 Å². The van der Waals surface area contributed by atoms with Gasteiger partial charge >= 0.3 is 140 Å². The van der Waals surface area contributed by atoms with Gasteiger partial charge in [-0.15, -0.1) is 0 Å². The van der Waals surface area contributed by atoms with Crippen molar-refractivity contribution in [3.8, 4) is 0 Å². The van der Waals surface area contributed by atoms with Crippen LogP contribution in [0.3, 0.4) is 0 Å². The molecule has 2 aliphatic heterocycles. The molecule has 2 rings (SSSR count). The standard InChI is InChI=1S/C12H18GeO11/c14-1-5(16)10-9(19)8(4-22-10)23-13(20)24-12-7(18)3-21-11(12)6(17)2-15/h5-6,10-11,14-19H,1-4H2. The van der Waals surface area contributed by atoms with Crippen molar-refractivity contribution in [1.82, 2.24) is 0 Å². The van der Waals surface area contributed by atoms with E-state index in [1.165, 1.54) is 0 Å². The summed E-state index contributed by atoms with van der Waals surface area (Å²) in [5, 5.41) is 56.2. The molecule has 0 amide bonds. The molecule has 0 bridgehead atoms. The molecule has 4 unspecified atom stereocenters. The summed E-state index contributed by atoms with van der Waals surface area (Å²) < 4.78 is 32.0. The Morgan fingerprint density at radius 1 is 1.04 bits per heavy atom. The van der Waals surface area contributed by atoms with E-state index in [4.69, 9.17) is 27.2 Å². The number of ether oxygens (including phenoxy) is 2. The van der Waals surface area contributed by atoms with Crippen LogP contribution in [0.15, 0.2) is 23.0 Å². The monoisotopic (exact) mass is 412 g/mol. The summed E-state index contributed by atoms with van der Waals surface area (Å²) in [5.74, 6) is -1.46. The summed E-state index contributed by atoms with van der Waals surface area (Å²) in [5.41, 5.74) is 0. The van der Waals surface area contributed by atoms with Gasteiger partial charge in [0.05, 0.1) is 0 Å². The number of aliphatic hydroxyl groups excluding tert-OH is 6. The summed E-state index contributed by atoms with van der Waals surface area (Å²) in [4.78, 5) is 0. The van der Waals surface area contributed by atoms with Crippen molar-refractivity contribution < 1.29 is 51.4 Å². The van der Waals surface area contributed by atoms with E-state index in [0.717, 1.165) is 0 Å². The van der Waals surface area contributed by atoms with Crippen molar-refractivity contribution in [2.45, 2.75) is 24.4 Å². The molecule has 4 atom stereocenters. The molecule has 0 saturated carbocycles. The second-order valence-corrected chi connectivity index (χ2v) is 6.94. The Morgan fingerprint density at radius 2 is 1.62 bits per heavy atom. The van der Waals surface area contributed by atoms with Crippen LogP contribution in [0.25, 0.3) is 0 Å². The number of rotatable bonds is 8. The second kappa shape index (κ2) is 8.24. The van der Waals surface area contributed by atoms with Crippen LogP contribution in [0.5, 0.6) is 0 Å². The van der Waals surface area contributed by atoms with Crippen molar-refractivity contribution in [2.24, 2.45) is 0 Å².